The summed E-state index contributed by atoms with van der Waals surface area (Å²) in [6.07, 6.45) is 0. The Morgan fingerprint density at radius 1 is 1.05 bits per heavy atom. The lowest BCUT2D eigenvalue weighted by molar-refractivity contribution is 0.458. The van der Waals surface area contributed by atoms with Gasteiger partial charge in [-0.25, -0.2) is 17.2 Å². The van der Waals surface area contributed by atoms with Gasteiger partial charge in [-0.3, -0.25) is 0 Å². The lowest BCUT2D eigenvalue weighted by Crippen LogP contribution is -2.27. The van der Waals surface area contributed by atoms with Crippen LogP contribution in [0.25, 0.3) is 0 Å². The number of halogens is 2. The summed E-state index contributed by atoms with van der Waals surface area (Å²) in [5.74, 6) is -1.76. The van der Waals surface area contributed by atoms with Gasteiger partial charge in [-0.05, 0) is 23.8 Å². The van der Waals surface area contributed by atoms with Gasteiger partial charge in [0.1, 0.15) is 16.5 Å². The first-order valence-electron chi connectivity index (χ1n) is 5.86. The Morgan fingerprint density at radius 3 is 2.35 bits per heavy atom. The van der Waals surface area contributed by atoms with Crippen LogP contribution in [0.3, 0.4) is 0 Å². The van der Waals surface area contributed by atoms with Crippen LogP contribution in [-0.2, 0) is 16.6 Å². The lowest BCUT2D eigenvalue weighted by atomic mass is 10.2. The molecule has 0 heterocycles. The fraction of sp³-hybridized carbons (Fsp3) is 0.143. The molecule has 0 saturated heterocycles. The van der Waals surface area contributed by atoms with E-state index in [-0.39, 0.29) is 6.54 Å². The molecule has 0 saturated carbocycles. The number of sulfonamides is 1. The van der Waals surface area contributed by atoms with Gasteiger partial charge in [-0.15, -0.1) is 0 Å². The average molecular weight is 297 g/mol. The Balaban J connectivity index is 2.32. The van der Waals surface area contributed by atoms with Gasteiger partial charge in [0.15, 0.2) is 0 Å². The molecule has 0 fully saturated rings. The molecule has 0 bridgehead atoms. The van der Waals surface area contributed by atoms with Crippen LogP contribution in [0, 0.1) is 11.6 Å². The van der Waals surface area contributed by atoms with Crippen molar-refractivity contribution in [3.05, 3.63) is 65.7 Å². The quantitative estimate of drug-likeness (QED) is 0.870. The number of hydrogen-bond donors (Lipinski definition) is 0. The number of rotatable bonds is 4. The first-order valence-corrected chi connectivity index (χ1v) is 7.30. The zero-order valence-corrected chi connectivity index (χ0v) is 11.6. The summed E-state index contributed by atoms with van der Waals surface area (Å²) in [5.41, 5.74) is 0.760. The van der Waals surface area contributed by atoms with Crippen molar-refractivity contribution < 1.29 is 17.2 Å². The molecular weight excluding hydrogens is 284 g/mol. The summed E-state index contributed by atoms with van der Waals surface area (Å²) in [6.45, 7) is 0.0825. The molecule has 2 aromatic carbocycles. The van der Waals surface area contributed by atoms with Crippen molar-refractivity contribution >= 4 is 10.0 Å². The van der Waals surface area contributed by atoms with E-state index in [1.165, 1.54) is 7.05 Å². The Hall–Kier alpha value is -1.79. The van der Waals surface area contributed by atoms with E-state index >= 15 is 0 Å². The third kappa shape index (κ3) is 3.02. The first kappa shape index (κ1) is 14.6. The van der Waals surface area contributed by atoms with E-state index < -0.39 is 26.6 Å². The van der Waals surface area contributed by atoms with Crippen LogP contribution >= 0.6 is 0 Å². The lowest BCUT2D eigenvalue weighted by Gasteiger charge is -2.17. The molecule has 2 rings (SSSR count). The second-order valence-electron chi connectivity index (χ2n) is 4.32. The van der Waals surface area contributed by atoms with E-state index in [4.69, 9.17) is 0 Å². The highest BCUT2D eigenvalue weighted by Gasteiger charge is 2.25. The Labute approximate surface area is 116 Å². The Morgan fingerprint density at radius 2 is 1.70 bits per heavy atom. The SMILES string of the molecule is CN(Cc1ccccc1)S(=O)(=O)c1cc(F)ccc1F. The normalized spacial score (nSPS) is 11.8. The van der Waals surface area contributed by atoms with Crippen molar-refractivity contribution in [3.8, 4) is 0 Å². The van der Waals surface area contributed by atoms with E-state index in [1.54, 1.807) is 24.3 Å². The number of benzene rings is 2. The van der Waals surface area contributed by atoms with Gasteiger partial charge in [-0.2, -0.15) is 4.31 Å². The molecule has 2 aromatic rings. The van der Waals surface area contributed by atoms with Crippen LogP contribution < -0.4 is 0 Å². The van der Waals surface area contributed by atoms with E-state index in [9.17, 15) is 17.2 Å². The molecule has 0 aliphatic rings. The molecule has 0 radical (unpaired) electrons. The summed E-state index contributed by atoms with van der Waals surface area (Å²) in [4.78, 5) is -0.657. The van der Waals surface area contributed by atoms with Crippen LogP contribution in [-0.4, -0.2) is 19.8 Å². The van der Waals surface area contributed by atoms with Crippen molar-refractivity contribution in [1.29, 1.82) is 0 Å². The van der Waals surface area contributed by atoms with Gasteiger partial charge in [0, 0.05) is 13.6 Å². The predicted molar refractivity (Wildman–Crippen MR) is 71.5 cm³/mol. The highest BCUT2D eigenvalue weighted by atomic mass is 32.2. The third-order valence-corrected chi connectivity index (χ3v) is 4.65. The number of nitrogens with zero attached hydrogens (tertiary/aromatic N) is 1. The Bertz CT molecular complexity index is 702. The zero-order valence-electron chi connectivity index (χ0n) is 10.8. The maximum Gasteiger partial charge on any atom is 0.246 e. The van der Waals surface area contributed by atoms with Crippen LogP contribution in [0.2, 0.25) is 0 Å². The molecule has 0 amide bonds. The van der Waals surface area contributed by atoms with Crippen molar-refractivity contribution in [1.82, 2.24) is 4.31 Å². The van der Waals surface area contributed by atoms with Crippen molar-refractivity contribution in [2.75, 3.05) is 7.05 Å². The van der Waals surface area contributed by atoms with E-state index in [0.717, 1.165) is 22.0 Å². The average Bonchev–Trinajstić information content (AvgIpc) is 2.42. The van der Waals surface area contributed by atoms with Gasteiger partial charge in [0.2, 0.25) is 10.0 Å². The molecule has 106 valence electrons. The van der Waals surface area contributed by atoms with Gasteiger partial charge in [0.05, 0.1) is 0 Å². The van der Waals surface area contributed by atoms with Crippen LogP contribution in [0.4, 0.5) is 8.78 Å². The van der Waals surface area contributed by atoms with Gasteiger partial charge >= 0.3 is 0 Å². The molecular formula is C14H13F2NO2S. The summed E-state index contributed by atoms with van der Waals surface area (Å²) >= 11 is 0. The second-order valence-corrected chi connectivity index (χ2v) is 6.33. The molecule has 0 aliphatic heterocycles. The van der Waals surface area contributed by atoms with Gasteiger partial charge in [0.25, 0.3) is 0 Å². The molecule has 0 N–H and O–H groups in total. The van der Waals surface area contributed by atoms with Gasteiger partial charge < -0.3 is 0 Å². The highest BCUT2D eigenvalue weighted by Crippen LogP contribution is 2.20. The maximum atomic E-state index is 13.6. The smallest absolute Gasteiger partial charge is 0.207 e. The van der Waals surface area contributed by atoms with Crippen molar-refractivity contribution in [2.45, 2.75) is 11.4 Å². The second kappa shape index (κ2) is 5.68. The zero-order chi connectivity index (χ0) is 14.8. The van der Waals surface area contributed by atoms with E-state index in [1.807, 2.05) is 6.07 Å². The molecule has 0 aromatic heterocycles. The summed E-state index contributed by atoms with van der Waals surface area (Å²) in [6, 6.07) is 11.2. The minimum atomic E-state index is -4.07. The summed E-state index contributed by atoms with van der Waals surface area (Å²) in [7, 11) is -2.75. The van der Waals surface area contributed by atoms with Crippen molar-refractivity contribution in [2.24, 2.45) is 0 Å². The maximum absolute atomic E-state index is 13.6. The molecule has 6 heteroatoms. The molecule has 3 nitrogen and oxygen atoms in total. The Kier molecular flexibility index (Phi) is 4.15. The minimum Gasteiger partial charge on any atom is -0.207 e. The number of hydrogen-bond acceptors (Lipinski definition) is 2. The van der Waals surface area contributed by atoms with E-state index in [0.29, 0.717) is 6.07 Å². The summed E-state index contributed by atoms with van der Waals surface area (Å²) < 4.78 is 52.2. The molecule has 0 spiro atoms. The standard InChI is InChI=1S/C14H13F2NO2S/c1-17(10-11-5-3-2-4-6-11)20(18,19)14-9-12(15)7-8-13(14)16/h2-9H,10H2,1H3. The van der Waals surface area contributed by atoms with Gasteiger partial charge in [-0.1, -0.05) is 30.3 Å². The topological polar surface area (TPSA) is 37.4 Å². The minimum absolute atomic E-state index is 0.0825. The predicted octanol–water partition coefficient (Wildman–Crippen LogP) is 2.79. The monoisotopic (exact) mass is 297 g/mol. The fourth-order valence-electron chi connectivity index (χ4n) is 1.77. The largest absolute Gasteiger partial charge is 0.246 e. The fourth-order valence-corrected chi connectivity index (χ4v) is 3.00. The molecule has 0 aliphatic carbocycles. The van der Waals surface area contributed by atoms with Crippen molar-refractivity contribution in [3.63, 3.8) is 0 Å². The van der Waals surface area contributed by atoms with E-state index in [2.05, 4.69) is 0 Å². The molecule has 0 unspecified atom stereocenters. The van der Waals surface area contributed by atoms with Crippen LogP contribution in [0.1, 0.15) is 5.56 Å². The first-order chi connectivity index (χ1) is 9.41. The summed E-state index contributed by atoms with van der Waals surface area (Å²) in [5, 5.41) is 0. The molecule has 0 atom stereocenters. The van der Waals surface area contributed by atoms with Crippen LogP contribution in [0.5, 0.6) is 0 Å². The van der Waals surface area contributed by atoms with Crippen LogP contribution in [0.15, 0.2) is 53.4 Å². The third-order valence-electron chi connectivity index (χ3n) is 2.83. The highest BCUT2D eigenvalue weighted by molar-refractivity contribution is 7.89. The molecule has 20 heavy (non-hydrogen) atoms.